The van der Waals surface area contributed by atoms with Gasteiger partial charge in [0.2, 0.25) is 0 Å². The van der Waals surface area contributed by atoms with Crippen LogP contribution in [-0.4, -0.2) is 18.1 Å². The van der Waals surface area contributed by atoms with E-state index in [1.807, 2.05) is 24.3 Å². The Kier molecular flexibility index (Phi) is 2.91. The van der Waals surface area contributed by atoms with E-state index in [1.165, 1.54) is 0 Å². The Morgan fingerprint density at radius 3 is 2.60 bits per heavy atom. The third kappa shape index (κ3) is 2.12. The zero-order chi connectivity index (χ0) is 14.1. The molecule has 0 saturated heterocycles. The van der Waals surface area contributed by atoms with Crippen LogP contribution in [-0.2, 0) is 4.79 Å². The van der Waals surface area contributed by atoms with Gasteiger partial charge in [0.05, 0.1) is 7.11 Å². The van der Waals surface area contributed by atoms with Crippen molar-refractivity contribution in [3.05, 3.63) is 53.6 Å². The smallest absolute Gasteiger partial charge is 0.256 e. The molecule has 0 fully saturated rings. The van der Waals surface area contributed by atoms with Gasteiger partial charge >= 0.3 is 0 Å². The molecule has 1 heterocycles. The van der Waals surface area contributed by atoms with E-state index in [2.05, 4.69) is 5.32 Å². The standard InChI is InChI=1S/C16H13NO3/c1-20-12-5-2-10(3-6-12)8-14-13-9-11(18)4-7-15(13)17-16(14)19/h2-9,18H,1H3,(H,17,19)/b14-8+. The molecule has 1 amide bonds. The van der Waals surface area contributed by atoms with E-state index in [-0.39, 0.29) is 11.7 Å². The zero-order valence-corrected chi connectivity index (χ0v) is 10.9. The maximum Gasteiger partial charge on any atom is 0.256 e. The van der Waals surface area contributed by atoms with Crippen molar-refractivity contribution in [2.75, 3.05) is 12.4 Å². The summed E-state index contributed by atoms with van der Waals surface area (Å²) in [5, 5.41) is 12.3. The van der Waals surface area contributed by atoms with Gasteiger partial charge in [-0.25, -0.2) is 0 Å². The van der Waals surface area contributed by atoms with Crippen molar-refractivity contribution < 1.29 is 14.6 Å². The fourth-order valence-corrected chi connectivity index (χ4v) is 2.19. The Morgan fingerprint density at radius 1 is 1.15 bits per heavy atom. The van der Waals surface area contributed by atoms with E-state index in [0.29, 0.717) is 16.8 Å². The maximum atomic E-state index is 12.0. The molecule has 2 aromatic carbocycles. The van der Waals surface area contributed by atoms with Gasteiger partial charge in [0, 0.05) is 16.8 Å². The summed E-state index contributed by atoms with van der Waals surface area (Å²) in [6, 6.07) is 12.3. The van der Waals surface area contributed by atoms with E-state index >= 15 is 0 Å². The Labute approximate surface area is 116 Å². The Bertz CT molecular complexity index is 702. The molecule has 0 aliphatic carbocycles. The number of ether oxygens (including phenoxy) is 1. The summed E-state index contributed by atoms with van der Waals surface area (Å²) in [6.45, 7) is 0. The summed E-state index contributed by atoms with van der Waals surface area (Å²) in [6.07, 6.45) is 1.79. The summed E-state index contributed by atoms with van der Waals surface area (Å²) < 4.78 is 5.10. The third-order valence-corrected chi connectivity index (χ3v) is 3.21. The topological polar surface area (TPSA) is 58.6 Å². The van der Waals surface area contributed by atoms with Crippen LogP contribution < -0.4 is 10.1 Å². The number of carbonyl (C=O) groups excluding carboxylic acids is 1. The minimum atomic E-state index is -0.165. The largest absolute Gasteiger partial charge is 0.508 e. The summed E-state index contributed by atoms with van der Waals surface area (Å²) >= 11 is 0. The van der Waals surface area contributed by atoms with Gasteiger partial charge in [0.25, 0.3) is 5.91 Å². The number of amides is 1. The van der Waals surface area contributed by atoms with Crippen molar-refractivity contribution in [1.29, 1.82) is 0 Å². The van der Waals surface area contributed by atoms with Crippen LogP contribution in [0.3, 0.4) is 0 Å². The predicted octanol–water partition coefficient (Wildman–Crippen LogP) is 2.89. The lowest BCUT2D eigenvalue weighted by atomic mass is 10.0. The van der Waals surface area contributed by atoms with Gasteiger partial charge in [-0.1, -0.05) is 12.1 Å². The third-order valence-electron chi connectivity index (χ3n) is 3.21. The van der Waals surface area contributed by atoms with Gasteiger partial charge < -0.3 is 15.2 Å². The van der Waals surface area contributed by atoms with E-state index < -0.39 is 0 Å². The van der Waals surface area contributed by atoms with Gasteiger partial charge in [-0.15, -0.1) is 0 Å². The number of rotatable bonds is 2. The first-order chi connectivity index (χ1) is 9.67. The SMILES string of the molecule is COc1ccc(/C=C2/C(=O)Nc3ccc(O)cc32)cc1. The number of hydrogen-bond acceptors (Lipinski definition) is 3. The molecule has 0 spiro atoms. The summed E-state index contributed by atoms with van der Waals surface area (Å²) in [4.78, 5) is 12.0. The van der Waals surface area contributed by atoms with Crippen LogP contribution >= 0.6 is 0 Å². The molecule has 1 aliphatic heterocycles. The number of phenolic OH excluding ortho intramolecular Hbond substituents is 1. The first-order valence-corrected chi connectivity index (χ1v) is 6.18. The normalized spacial score (nSPS) is 15.1. The number of phenols is 1. The fraction of sp³-hybridized carbons (Fsp3) is 0.0625. The molecule has 0 saturated carbocycles. The molecular formula is C16H13NO3. The minimum absolute atomic E-state index is 0.140. The van der Waals surface area contributed by atoms with Gasteiger partial charge in [0.1, 0.15) is 11.5 Å². The minimum Gasteiger partial charge on any atom is -0.508 e. The number of nitrogens with one attached hydrogen (secondary N) is 1. The van der Waals surface area contributed by atoms with Crippen LogP contribution in [0.4, 0.5) is 5.69 Å². The maximum absolute atomic E-state index is 12.0. The summed E-state index contributed by atoms with van der Waals surface area (Å²) in [5.41, 5.74) is 2.87. The molecule has 2 N–H and O–H groups in total. The zero-order valence-electron chi connectivity index (χ0n) is 10.9. The molecule has 2 aromatic rings. The van der Waals surface area contributed by atoms with Crippen molar-refractivity contribution >= 4 is 23.2 Å². The van der Waals surface area contributed by atoms with Crippen LogP contribution in [0.1, 0.15) is 11.1 Å². The van der Waals surface area contributed by atoms with Crippen LogP contribution in [0.5, 0.6) is 11.5 Å². The van der Waals surface area contributed by atoms with Crippen LogP contribution in [0, 0.1) is 0 Å². The Morgan fingerprint density at radius 2 is 1.90 bits per heavy atom. The second kappa shape index (κ2) is 4.74. The highest BCUT2D eigenvalue weighted by atomic mass is 16.5. The lowest BCUT2D eigenvalue weighted by Gasteiger charge is -2.01. The number of anilines is 1. The van der Waals surface area contributed by atoms with E-state index in [1.54, 1.807) is 31.4 Å². The van der Waals surface area contributed by atoms with Gasteiger partial charge in [0.15, 0.2) is 0 Å². The summed E-state index contributed by atoms with van der Waals surface area (Å²) in [7, 11) is 1.61. The number of methoxy groups -OCH3 is 1. The van der Waals surface area contributed by atoms with E-state index in [9.17, 15) is 9.90 Å². The molecule has 3 rings (SSSR count). The predicted molar refractivity (Wildman–Crippen MR) is 77.6 cm³/mol. The average Bonchev–Trinajstić information content (AvgIpc) is 2.76. The van der Waals surface area contributed by atoms with Crippen LogP contribution in [0.2, 0.25) is 0 Å². The number of benzene rings is 2. The molecule has 0 aromatic heterocycles. The van der Waals surface area contributed by atoms with Crippen LogP contribution in [0.15, 0.2) is 42.5 Å². The molecule has 4 heteroatoms. The average molecular weight is 267 g/mol. The second-order valence-electron chi connectivity index (χ2n) is 4.52. The first kappa shape index (κ1) is 12.3. The lowest BCUT2D eigenvalue weighted by molar-refractivity contribution is -0.110. The molecule has 0 atom stereocenters. The summed E-state index contributed by atoms with van der Waals surface area (Å²) in [5.74, 6) is 0.739. The number of carbonyl (C=O) groups is 1. The quantitative estimate of drug-likeness (QED) is 0.649. The molecule has 0 unspecified atom stereocenters. The van der Waals surface area contributed by atoms with Crippen molar-refractivity contribution in [1.82, 2.24) is 0 Å². The highest BCUT2D eigenvalue weighted by Gasteiger charge is 2.24. The van der Waals surface area contributed by atoms with Crippen molar-refractivity contribution in [3.8, 4) is 11.5 Å². The van der Waals surface area contributed by atoms with Crippen molar-refractivity contribution in [2.45, 2.75) is 0 Å². The number of aromatic hydroxyl groups is 1. The van der Waals surface area contributed by atoms with Gasteiger partial charge in [-0.2, -0.15) is 0 Å². The molecule has 0 bridgehead atoms. The second-order valence-corrected chi connectivity index (χ2v) is 4.52. The number of hydrogen-bond donors (Lipinski definition) is 2. The molecule has 0 radical (unpaired) electrons. The Balaban J connectivity index is 2.03. The van der Waals surface area contributed by atoms with Gasteiger partial charge in [-0.3, -0.25) is 4.79 Å². The molecule has 1 aliphatic rings. The highest BCUT2D eigenvalue weighted by molar-refractivity contribution is 6.35. The molecular weight excluding hydrogens is 254 g/mol. The first-order valence-electron chi connectivity index (χ1n) is 6.18. The highest BCUT2D eigenvalue weighted by Crippen LogP contribution is 2.35. The van der Waals surface area contributed by atoms with E-state index in [0.717, 1.165) is 11.3 Å². The molecule has 100 valence electrons. The lowest BCUT2D eigenvalue weighted by Crippen LogP contribution is -2.03. The monoisotopic (exact) mass is 267 g/mol. The van der Waals surface area contributed by atoms with Gasteiger partial charge in [-0.05, 0) is 42.0 Å². The number of fused-ring (bicyclic) bond motifs is 1. The Hall–Kier alpha value is -2.75. The fourth-order valence-electron chi connectivity index (χ4n) is 2.19. The molecule has 4 nitrogen and oxygen atoms in total. The van der Waals surface area contributed by atoms with Crippen molar-refractivity contribution in [2.24, 2.45) is 0 Å². The van der Waals surface area contributed by atoms with E-state index in [4.69, 9.17) is 4.74 Å². The van der Waals surface area contributed by atoms with Crippen molar-refractivity contribution in [3.63, 3.8) is 0 Å². The molecule has 20 heavy (non-hydrogen) atoms. The van der Waals surface area contributed by atoms with Crippen LogP contribution in [0.25, 0.3) is 11.6 Å².